The quantitative estimate of drug-likeness (QED) is 0.548. The maximum absolute atomic E-state index is 12.9. The van der Waals surface area contributed by atoms with Crippen molar-refractivity contribution < 1.29 is 19.2 Å². The number of nitrogens with zero attached hydrogens (tertiary/aromatic N) is 3. The first-order valence-electron chi connectivity index (χ1n) is 12.9. The molecule has 3 aliphatic heterocycles. The Kier molecular flexibility index (Phi) is 7.34. The molecule has 3 heterocycles. The van der Waals surface area contributed by atoms with Crippen molar-refractivity contribution >= 4 is 23.6 Å². The zero-order valence-corrected chi connectivity index (χ0v) is 21.2. The van der Waals surface area contributed by atoms with Gasteiger partial charge in [-0.3, -0.25) is 29.4 Å². The van der Waals surface area contributed by atoms with E-state index < -0.39 is 11.9 Å². The van der Waals surface area contributed by atoms with Crippen molar-refractivity contribution in [1.29, 1.82) is 0 Å². The Labute approximate surface area is 216 Å². The van der Waals surface area contributed by atoms with Crippen molar-refractivity contribution in [3.63, 3.8) is 0 Å². The summed E-state index contributed by atoms with van der Waals surface area (Å²) in [5.74, 6) is -0.974. The Bertz CT molecular complexity index is 1220. The van der Waals surface area contributed by atoms with E-state index in [1.54, 1.807) is 6.07 Å². The van der Waals surface area contributed by atoms with E-state index in [9.17, 15) is 19.2 Å². The second kappa shape index (κ2) is 10.8. The molecule has 0 saturated carbocycles. The molecule has 4 amide bonds. The topological polar surface area (TPSA) is 102 Å². The standard InChI is InChI=1S/C28H33N5O4/c1-31-9-11-32(12-10-31)17-21-4-2-3-19(13-21)15-26(35)29-16-20-5-6-23-22(14-20)18-33(28(23)37)24-7-8-25(34)30-27(24)36/h2-6,13-14,24H,7-12,15-18H2,1H3,(H,29,35)(H,30,34,36). The van der Waals surface area contributed by atoms with E-state index in [1.165, 1.54) is 10.5 Å². The van der Waals surface area contributed by atoms with Crippen LogP contribution in [0, 0.1) is 0 Å². The summed E-state index contributed by atoms with van der Waals surface area (Å²) in [6, 6.07) is 13.1. The Morgan fingerprint density at radius 1 is 1.00 bits per heavy atom. The summed E-state index contributed by atoms with van der Waals surface area (Å²) in [5.41, 5.74) is 4.51. The lowest BCUT2D eigenvalue weighted by molar-refractivity contribution is -0.137. The van der Waals surface area contributed by atoms with Gasteiger partial charge in [-0.05, 0) is 41.8 Å². The van der Waals surface area contributed by atoms with Gasteiger partial charge >= 0.3 is 0 Å². The molecule has 3 aliphatic rings. The molecule has 2 aromatic carbocycles. The number of hydrogen-bond donors (Lipinski definition) is 2. The molecular weight excluding hydrogens is 470 g/mol. The van der Waals surface area contributed by atoms with Crippen molar-refractivity contribution in [1.82, 2.24) is 25.3 Å². The molecule has 1 atom stereocenters. The number of imide groups is 1. The highest BCUT2D eigenvalue weighted by Gasteiger charge is 2.39. The molecule has 0 aromatic heterocycles. The minimum Gasteiger partial charge on any atom is -0.352 e. The van der Waals surface area contributed by atoms with Crippen LogP contribution in [0.5, 0.6) is 0 Å². The summed E-state index contributed by atoms with van der Waals surface area (Å²) in [4.78, 5) is 55.5. The van der Waals surface area contributed by atoms with Gasteiger partial charge in [0, 0.05) is 57.8 Å². The van der Waals surface area contributed by atoms with Crippen molar-refractivity contribution in [3.8, 4) is 0 Å². The summed E-state index contributed by atoms with van der Waals surface area (Å²) in [5, 5.41) is 5.31. The smallest absolute Gasteiger partial charge is 0.255 e. The molecule has 1 unspecified atom stereocenters. The number of fused-ring (bicyclic) bond motifs is 1. The fraction of sp³-hybridized carbons (Fsp3) is 0.429. The van der Waals surface area contributed by atoms with E-state index in [0.29, 0.717) is 31.5 Å². The molecule has 2 fully saturated rings. The lowest BCUT2D eigenvalue weighted by atomic mass is 10.0. The van der Waals surface area contributed by atoms with Gasteiger partial charge in [0.2, 0.25) is 17.7 Å². The van der Waals surface area contributed by atoms with Gasteiger partial charge in [-0.15, -0.1) is 0 Å². The average molecular weight is 504 g/mol. The summed E-state index contributed by atoms with van der Waals surface area (Å²) in [6.45, 7) is 5.84. The third-order valence-electron chi connectivity index (χ3n) is 7.44. The molecule has 9 nitrogen and oxygen atoms in total. The number of piperazine rings is 1. The van der Waals surface area contributed by atoms with Crippen LogP contribution in [0.2, 0.25) is 0 Å². The molecule has 5 rings (SSSR count). The number of benzene rings is 2. The molecule has 2 saturated heterocycles. The van der Waals surface area contributed by atoms with Gasteiger partial charge in [0.1, 0.15) is 6.04 Å². The number of rotatable bonds is 7. The third-order valence-corrected chi connectivity index (χ3v) is 7.44. The third kappa shape index (κ3) is 5.89. The molecule has 37 heavy (non-hydrogen) atoms. The van der Waals surface area contributed by atoms with Crippen LogP contribution < -0.4 is 10.6 Å². The van der Waals surface area contributed by atoms with Gasteiger partial charge in [0.25, 0.3) is 5.91 Å². The summed E-state index contributed by atoms with van der Waals surface area (Å²) in [7, 11) is 2.15. The number of likely N-dealkylation sites (N-methyl/N-ethyl adjacent to an activating group) is 1. The number of hydrogen-bond acceptors (Lipinski definition) is 6. The van der Waals surface area contributed by atoms with E-state index in [-0.39, 0.29) is 24.1 Å². The molecule has 9 heteroatoms. The molecule has 2 aromatic rings. The van der Waals surface area contributed by atoms with Gasteiger partial charge < -0.3 is 15.1 Å². The van der Waals surface area contributed by atoms with Crippen LogP contribution in [0.3, 0.4) is 0 Å². The van der Waals surface area contributed by atoms with Gasteiger partial charge in [-0.1, -0.05) is 36.4 Å². The lowest BCUT2D eigenvalue weighted by Crippen LogP contribution is -2.52. The van der Waals surface area contributed by atoms with Gasteiger partial charge in [-0.25, -0.2) is 0 Å². The highest BCUT2D eigenvalue weighted by Crippen LogP contribution is 2.28. The summed E-state index contributed by atoms with van der Waals surface area (Å²) >= 11 is 0. The predicted molar refractivity (Wildman–Crippen MR) is 137 cm³/mol. The van der Waals surface area contributed by atoms with Crippen LogP contribution in [-0.2, 0) is 40.4 Å². The van der Waals surface area contributed by atoms with Crippen LogP contribution in [0.15, 0.2) is 42.5 Å². The van der Waals surface area contributed by atoms with Crippen LogP contribution >= 0.6 is 0 Å². The first-order chi connectivity index (χ1) is 17.9. The zero-order valence-electron chi connectivity index (χ0n) is 21.2. The normalized spacial score (nSPS) is 20.6. The fourth-order valence-electron chi connectivity index (χ4n) is 5.29. The minimum absolute atomic E-state index is 0.0570. The zero-order chi connectivity index (χ0) is 25.9. The largest absolute Gasteiger partial charge is 0.352 e. The predicted octanol–water partition coefficient (Wildman–Crippen LogP) is 1.05. The minimum atomic E-state index is -0.632. The molecule has 0 bridgehead atoms. The Morgan fingerprint density at radius 2 is 1.78 bits per heavy atom. The second-order valence-corrected chi connectivity index (χ2v) is 10.2. The van der Waals surface area contributed by atoms with Crippen molar-refractivity contribution in [2.75, 3.05) is 33.2 Å². The molecule has 2 N–H and O–H groups in total. The first kappa shape index (κ1) is 25.1. The maximum Gasteiger partial charge on any atom is 0.255 e. The van der Waals surface area contributed by atoms with Crippen LogP contribution in [0.4, 0.5) is 0 Å². The van der Waals surface area contributed by atoms with E-state index in [4.69, 9.17) is 0 Å². The Balaban J connectivity index is 1.14. The second-order valence-electron chi connectivity index (χ2n) is 10.2. The van der Waals surface area contributed by atoms with Gasteiger partial charge in [0.05, 0.1) is 6.42 Å². The lowest BCUT2D eigenvalue weighted by Gasteiger charge is -2.32. The first-order valence-corrected chi connectivity index (χ1v) is 12.9. The molecule has 0 aliphatic carbocycles. The Morgan fingerprint density at radius 3 is 2.57 bits per heavy atom. The maximum atomic E-state index is 12.9. The molecule has 0 radical (unpaired) electrons. The van der Waals surface area contributed by atoms with E-state index >= 15 is 0 Å². The molecular formula is C28H33N5O4. The SMILES string of the molecule is CN1CCN(Cc2cccc(CC(=O)NCc3ccc4c(c3)CN(C3CCC(=O)NC3=O)C4=O)c2)CC1. The number of piperidine rings is 1. The van der Waals surface area contributed by atoms with Crippen molar-refractivity contribution in [2.24, 2.45) is 0 Å². The number of nitrogens with one attached hydrogen (secondary N) is 2. The summed E-state index contributed by atoms with van der Waals surface area (Å²) < 4.78 is 0. The van der Waals surface area contributed by atoms with Crippen LogP contribution in [0.25, 0.3) is 0 Å². The summed E-state index contributed by atoms with van der Waals surface area (Å²) in [6.07, 6.45) is 0.875. The number of carbonyl (C=O) groups is 4. The van der Waals surface area contributed by atoms with Gasteiger partial charge in [-0.2, -0.15) is 0 Å². The van der Waals surface area contributed by atoms with Crippen molar-refractivity contribution in [2.45, 2.75) is 44.9 Å². The average Bonchev–Trinajstić information content (AvgIpc) is 3.20. The van der Waals surface area contributed by atoms with E-state index in [2.05, 4.69) is 39.6 Å². The molecule has 194 valence electrons. The van der Waals surface area contributed by atoms with E-state index in [0.717, 1.165) is 49.4 Å². The number of carbonyl (C=O) groups excluding carboxylic acids is 4. The molecule has 0 spiro atoms. The fourth-order valence-corrected chi connectivity index (χ4v) is 5.29. The van der Waals surface area contributed by atoms with Crippen LogP contribution in [-0.4, -0.2) is 77.6 Å². The monoisotopic (exact) mass is 503 g/mol. The van der Waals surface area contributed by atoms with Crippen molar-refractivity contribution in [3.05, 3.63) is 70.3 Å². The van der Waals surface area contributed by atoms with Crippen LogP contribution in [0.1, 0.15) is 45.5 Å². The van der Waals surface area contributed by atoms with Gasteiger partial charge in [0.15, 0.2) is 0 Å². The Hall–Kier alpha value is -3.56. The highest BCUT2D eigenvalue weighted by atomic mass is 16.2. The van der Waals surface area contributed by atoms with E-state index in [1.807, 2.05) is 24.3 Å². The highest BCUT2D eigenvalue weighted by molar-refractivity contribution is 6.05. The number of amides is 4.